The number of halogens is 3. The third-order valence-electron chi connectivity index (χ3n) is 2.96. The Morgan fingerprint density at radius 2 is 2.00 bits per heavy atom. The summed E-state index contributed by atoms with van der Waals surface area (Å²) in [7, 11) is -4.89. The quantitative estimate of drug-likeness (QED) is 0.404. The average molecular weight is 446 g/mol. The van der Waals surface area contributed by atoms with Gasteiger partial charge in [0.1, 0.15) is 10.9 Å². The summed E-state index contributed by atoms with van der Waals surface area (Å²) in [6.45, 7) is -0.460. The number of amides is 1. The predicted octanol–water partition coefficient (Wildman–Crippen LogP) is 2.52. The summed E-state index contributed by atoms with van der Waals surface area (Å²) in [5, 5.41) is 9.59. The first-order valence-corrected chi connectivity index (χ1v) is 8.52. The highest BCUT2D eigenvalue weighted by Crippen LogP contribution is 2.41. The first-order valence-electron chi connectivity index (χ1n) is 5.48. The minimum Gasteiger partial charge on any atom is -0.304 e. The van der Waals surface area contributed by atoms with Gasteiger partial charge < -0.3 is 4.90 Å². The molecule has 1 heterocycles. The average Bonchev–Trinajstić information content (AvgIpc) is 2.70. The van der Waals surface area contributed by atoms with Crippen molar-refractivity contribution < 1.29 is 22.0 Å². The van der Waals surface area contributed by atoms with Crippen molar-refractivity contribution >= 4 is 59.4 Å². The summed E-state index contributed by atoms with van der Waals surface area (Å²) < 4.78 is 35.5. The van der Waals surface area contributed by atoms with E-state index in [4.69, 9.17) is 0 Å². The summed E-state index contributed by atoms with van der Waals surface area (Å²) in [5.74, 6) is -0.688. The van der Waals surface area contributed by atoms with Crippen LogP contribution in [0.3, 0.4) is 0 Å². The van der Waals surface area contributed by atoms with Gasteiger partial charge in [0.25, 0.3) is 5.69 Å². The fourth-order valence-corrected chi connectivity index (χ4v) is 4.12. The standard InChI is InChI=1S/C10H7Br2FN2O5S/c11-5-1-7(12)10(8(2-5)15(17)18)14-4-6(3-9(14)16)21(13,19)20/h1-2,6H,3-4H2. The number of carbonyl (C=O) groups is 1. The van der Waals surface area contributed by atoms with Crippen molar-refractivity contribution in [1.29, 1.82) is 0 Å². The predicted molar refractivity (Wildman–Crippen MR) is 79.3 cm³/mol. The lowest BCUT2D eigenvalue weighted by atomic mass is 10.2. The number of hydrogen-bond acceptors (Lipinski definition) is 5. The zero-order valence-electron chi connectivity index (χ0n) is 10.1. The zero-order valence-corrected chi connectivity index (χ0v) is 14.1. The molecule has 114 valence electrons. The molecule has 1 saturated heterocycles. The van der Waals surface area contributed by atoms with E-state index in [-0.39, 0.29) is 15.8 Å². The molecule has 1 fully saturated rings. The van der Waals surface area contributed by atoms with E-state index in [1.54, 1.807) is 0 Å². The van der Waals surface area contributed by atoms with Gasteiger partial charge in [0.15, 0.2) is 0 Å². The molecule has 7 nitrogen and oxygen atoms in total. The molecule has 0 saturated carbocycles. The summed E-state index contributed by atoms with van der Waals surface area (Å²) in [5.41, 5.74) is -0.471. The zero-order chi connectivity index (χ0) is 15.9. The third kappa shape index (κ3) is 3.24. The van der Waals surface area contributed by atoms with Crippen molar-refractivity contribution in [3.63, 3.8) is 0 Å². The first-order chi connectivity index (χ1) is 9.61. The van der Waals surface area contributed by atoms with Crippen molar-refractivity contribution in [2.45, 2.75) is 11.7 Å². The molecular formula is C10H7Br2FN2O5S. The van der Waals surface area contributed by atoms with Crippen LogP contribution >= 0.6 is 31.9 Å². The van der Waals surface area contributed by atoms with Crippen molar-refractivity contribution in [2.75, 3.05) is 11.4 Å². The Balaban J connectivity index is 2.53. The molecule has 0 aromatic heterocycles. The molecule has 1 atom stereocenters. The molecule has 0 aliphatic carbocycles. The molecule has 21 heavy (non-hydrogen) atoms. The molecular weight excluding hydrogens is 439 g/mol. The smallest absolute Gasteiger partial charge is 0.304 e. The second-order valence-electron chi connectivity index (χ2n) is 4.32. The fourth-order valence-electron chi connectivity index (χ4n) is 2.04. The van der Waals surface area contributed by atoms with Gasteiger partial charge in [-0.1, -0.05) is 15.9 Å². The number of nitrogens with zero attached hydrogens (tertiary/aromatic N) is 2. The Hall–Kier alpha value is -1.07. The lowest BCUT2D eigenvalue weighted by Gasteiger charge is -2.18. The van der Waals surface area contributed by atoms with E-state index >= 15 is 0 Å². The van der Waals surface area contributed by atoms with E-state index < -0.39 is 39.3 Å². The van der Waals surface area contributed by atoms with E-state index in [0.717, 1.165) is 4.90 Å². The van der Waals surface area contributed by atoms with E-state index in [2.05, 4.69) is 31.9 Å². The summed E-state index contributed by atoms with van der Waals surface area (Å²) in [6.07, 6.45) is -0.543. The first kappa shape index (κ1) is 16.3. The fraction of sp³-hybridized carbons (Fsp3) is 0.300. The molecule has 1 aromatic rings. The molecule has 2 rings (SSSR count). The lowest BCUT2D eigenvalue weighted by molar-refractivity contribution is -0.384. The third-order valence-corrected chi connectivity index (χ3v) is 5.14. The molecule has 1 unspecified atom stereocenters. The molecule has 1 amide bonds. The number of nitro groups is 1. The van der Waals surface area contributed by atoms with Gasteiger partial charge in [0.2, 0.25) is 5.91 Å². The molecule has 11 heteroatoms. The van der Waals surface area contributed by atoms with Gasteiger partial charge >= 0.3 is 10.2 Å². The highest BCUT2D eigenvalue weighted by Gasteiger charge is 2.42. The SMILES string of the molecule is O=C1CC(S(=O)(=O)F)CN1c1c(Br)cc(Br)cc1[N+](=O)[O-]. The van der Waals surface area contributed by atoms with Gasteiger partial charge in [-0.05, 0) is 22.0 Å². The van der Waals surface area contributed by atoms with Gasteiger partial charge in [-0.25, -0.2) is 0 Å². The Morgan fingerprint density at radius 1 is 1.38 bits per heavy atom. The molecule has 0 N–H and O–H groups in total. The van der Waals surface area contributed by atoms with Crippen LogP contribution in [0.4, 0.5) is 15.3 Å². The van der Waals surface area contributed by atoms with Crippen LogP contribution in [0.25, 0.3) is 0 Å². The van der Waals surface area contributed by atoms with E-state index in [1.165, 1.54) is 12.1 Å². The van der Waals surface area contributed by atoms with Crippen molar-refractivity contribution in [3.8, 4) is 0 Å². The van der Waals surface area contributed by atoms with Crippen LogP contribution in [0, 0.1) is 10.1 Å². The monoisotopic (exact) mass is 444 g/mol. The van der Waals surface area contributed by atoms with Crippen LogP contribution in [-0.2, 0) is 15.0 Å². The normalized spacial score (nSPS) is 19.1. The van der Waals surface area contributed by atoms with Crippen LogP contribution in [0.15, 0.2) is 21.1 Å². The van der Waals surface area contributed by atoms with Crippen molar-refractivity contribution in [2.24, 2.45) is 0 Å². The summed E-state index contributed by atoms with van der Waals surface area (Å²) in [6, 6.07) is 2.66. The van der Waals surface area contributed by atoms with Gasteiger partial charge in [-0.3, -0.25) is 14.9 Å². The van der Waals surface area contributed by atoms with E-state index in [9.17, 15) is 27.2 Å². The second kappa shape index (κ2) is 5.61. The van der Waals surface area contributed by atoms with Gasteiger partial charge in [-0.2, -0.15) is 8.42 Å². The Bertz CT molecular complexity index is 739. The molecule has 0 bridgehead atoms. The van der Waals surface area contributed by atoms with Crippen LogP contribution < -0.4 is 4.90 Å². The van der Waals surface area contributed by atoms with Crippen LogP contribution in [0.2, 0.25) is 0 Å². The lowest BCUT2D eigenvalue weighted by Crippen LogP contribution is -2.28. The summed E-state index contributed by atoms with van der Waals surface area (Å²) in [4.78, 5) is 23.2. The largest absolute Gasteiger partial charge is 0.307 e. The Labute approximate surface area is 135 Å². The van der Waals surface area contributed by atoms with Gasteiger partial charge in [-0.15, -0.1) is 3.89 Å². The van der Waals surface area contributed by atoms with E-state index in [0.29, 0.717) is 4.47 Å². The highest BCUT2D eigenvalue weighted by atomic mass is 79.9. The molecule has 0 radical (unpaired) electrons. The maximum Gasteiger partial charge on any atom is 0.307 e. The summed E-state index contributed by atoms with van der Waals surface area (Å²) >= 11 is 6.19. The van der Waals surface area contributed by atoms with Crippen molar-refractivity contribution in [1.82, 2.24) is 0 Å². The number of anilines is 1. The van der Waals surface area contributed by atoms with Crippen LogP contribution in [0.5, 0.6) is 0 Å². The minimum absolute atomic E-state index is 0.0839. The Morgan fingerprint density at radius 3 is 2.48 bits per heavy atom. The number of nitro benzene ring substituents is 1. The maximum atomic E-state index is 13.0. The van der Waals surface area contributed by atoms with Crippen LogP contribution in [-0.4, -0.2) is 31.0 Å². The molecule has 1 aliphatic rings. The Kier molecular flexibility index (Phi) is 4.36. The number of benzene rings is 1. The van der Waals surface area contributed by atoms with Crippen molar-refractivity contribution in [3.05, 3.63) is 31.2 Å². The van der Waals surface area contributed by atoms with Gasteiger partial charge in [0, 0.05) is 28.0 Å². The second-order valence-corrected chi connectivity index (χ2v) is 7.71. The maximum absolute atomic E-state index is 13.0. The molecule has 1 aliphatic heterocycles. The number of hydrogen-bond donors (Lipinski definition) is 0. The molecule has 0 spiro atoms. The number of carbonyl (C=O) groups excluding carboxylic acids is 1. The van der Waals surface area contributed by atoms with Crippen LogP contribution in [0.1, 0.15) is 6.42 Å². The van der Waals surface area contributed by atoms with Gasteiger partial charge in [0.05, 0.1) is 4.92 Å². The topological polar surface area (TPSA) is 97.6 Å². The minimum atomic E-state index is -4.89. The number of rotatable bonds is 3. The van der Waals surface area contributed by atoms with E-state index in [1.807, 2.05) is 0 Å². The highest BCUT2D eigenvalue weighted by molar-refractivity contribution is 9.11. The molecule has 1 aromatic carbocycles.